The highest BCUT2D eigenvalue weighted by Gasteiger charge is 2.36. The summed E-state index contributed by atoms with van der Waals surface area (Å²) in [6, 6.07) is 20.6. The summed E-state index contributed by atoms with van der Waals surface area (Å²) >= 11 is 5.12. The van der Waals surface area contributed by atoms with Crippen LogP contribution in [0.5, 0.6) is 11.5 Å². The number of halogens is 2. The van der Waals surface area contributed by atoms with Gasteiger partial charge in [-0.2, -0.15) is 0 Å². The molecule has 0 aromatic heterocycles. The minimum atomic E-state index is -0.513. The van der Waals surface area contributed by atoms with E-state index < -0.39 is 17.1 Å². The number of carbonyl (C=O) groups is 3. The molecule has 3 aromatic carbocycles. The van der Waals surface area contributed by atoms with Crippen LogP contribution in [0.2, 0.25) is 0 Å². The van der Waals surface area contributed by atoms with Gasteiger partial charge in [0.1, 0.15) is 13.2 Å². The van der Waals surface area contributed by atoms with Crippen molar-refractivity contribution in [3.8, 4) is 11.5 Å². The zero-order valence-corrected chi connectivity index (χ0v) is 24.1. The molecule has 1 aliphatic heterocycles. The summed E-state index contributed by atoms with van der Waals surface area (Å²) in [7, 11) is 1.55. The molecule has 0 saturated carbocycles. The maximum atomic E-state index is 12.9. The van der Waals surface area contributed by atoms with Crippen molar-refractivity contribution >= 4 is 85.8 Å². The summed E-state index contributed by atoms with van der Waals surface area (Å²) in [4.78, 5) is 39.0. The Balaban J connectivity index is 1.46. The Morgan fingerprint density at radius 3 is 2.47 bits per heavy atom. The molecule has 10 heteroatoms. The Morgan fingerprint density at radius 2 is 1.78 bits per heavy atom. The number of methoxy groups -OCH3 is 1. The third kappa shape index (κ3) is 6.59. The molecule has 184 valence electrons. The van der Waals surface area contributed by atoms with E-state index in [4.69, 9.17) is 9.47 Å². The Labute approximate surface area is 239 Å². The van der Waals surface area contributed by atoms with E-state index in [0.717, 1.165) is 29.4 Å². The van der Waals surface area contributed by atoms with Gasteiger partial charge in [-0.25, -0.2) is 0 Å². The van der Waals surface area contributed by atoms with Crippen LogP contribution in [0.1, 0.15) is 11.1 Å². The van der Waals surface area contributed by atoms with Crippen LogP contribution in [0.4, 0.5) is 10.5 Å². The molecule has 4 rings (SSSR count). The first-order chi connectivity index (χ1) is 17.3. The smallest absolute Gasteiger partial charge is 0.294 e. The number of hydrogen-bond acceptors (Lipinski definition) is 6. The van der Waals surface area contributed by atoms with Gasteiger partial charge in [0.2, 0.25) is 5.91 Å². The van der Waals surface area contributed by atoms with E-state index in [2.05, 4.69) is 50.5 Å². The number of benzene rings is 3. The first kappa shape index (κ1) is 26.5. The van der Waals surface area contributed by atoms with Crippen molar-refractivity contribution in [1.29, 1.82) is 0 Å². The second-order valence-corrected chi connectivity index (χ2v) is 11.0. The van der Waals surface area contributed by atoms with Crippen LogP contribution >= 0.6 is 56.9 Å². The van der Waals surface area contributed by atoms with Gasteiger partial charge in [0, 0.05) is 9.26 Å². The molecule has 1 fully saturated rings. The lowest BCUT2D eigenvalue weighted by molar-refractivity contribution is -0.127. The molecule has 1 N–H and O–H groups in total. The van der Waals surface area contributed by atoms with Crippen LogP contribution in [0.15, 0.2) is 71.6 Å². The molecule has 3 aromatic rings. The van der Waals surface area contributed by atoms with Crippen molar-refractivity contribution in [2.75, 3.05) is 19.0 Å². The molecule has 0 radical (unpaired) electrons. The number of thioether (sulfide) groups is 1. The molecular weight excluding hydrogens is 706 g/mol. The summed E-state index contributed by atoms with van der Waals surface area (Å²) in [6.45, 7) is 0.0246. The second-order valence-electron chi connectivity index (χ2n) is 7.63. The Kier molecular flexibility index (Phi) is 8.90. The maximum absolute atomic E-state index is 12.9. The van der Waals surface area contributed by atoms with Crippen molar-refractivity contribution in [1.82, 2.24) is 4.90 Å². The number of hydrogen-bond donors (Lipinski definition) is 1. The standard InChI is InChI=1S/C26H20I2N2O5S/c1-34-21-12-17(11-20(28)24(21)35-15-16-5-3-2-4-6-16)13-22-25(32)30(26(33)36-22)14-23(31)29-19-9-7-18(27)8-10-19/h2-13H,14-15H2,1H3,(H,29,31)/b22-13-. The van der Waals surface area contributed by atoms with Crippen molar-refractivity contribution in [2.45, 2.75) is 6.61 Å². The fraction of sp³-hybridized carbons (Fsp3) is 0.115. The monoisotopic (exact) mass is 726 g/mol. The third-order valence-corrected chi connectivity index (χ3v) is 7.51. The van der Waals surface area contributed by atoms with Crippen molar-refractivity contribution in [2.24, 2.45) is 0 Å². The van der Waals surface area contributed by atoms with E-state index in [9.17, 15) is 14.4 Å². The third-order valence-electron chi connectivity index (χ3n) is 5.08. The molecule has 7 nitrogen and oxygen atoms in total. The summed E-state index contributed by atoms with van der Waals surface area (Å²) < 4.78 is 13.3. The van der Waals surface area contributed by atoms with Crippen LogP contribution in [0, 0.1) is 7.14 Å². The average molecular weight is 726 g/mol. The lowest BCUT2D eigenvalue weighted by Gasteiger charge is -2.14. The molecule has 0 bridgehead atoms. The minimum absolute atomic E-state index is 0.234. The Morgan fingerprint density at radius 1 is 1.06 bits per heavy atom. The minimum Gasteiger partial charge on any atom is -0.493 e. The molecular formula is C26H20I2N2O5S. The van der Waals surface area contributed by atoms with Crippen LogP contribution in [0.3, 0.4) is 0 Å². The van der Waals surface area contributed by atoms with Gasteiger partial charge in [0.15, 0.2) is 11.5 Å². The summed E-state index contributed by atoms with van der Waals surface area (Å²) in [5, 5.41) is 2.21. The van der Waals surface area contributed by atoms with Gasteiger partial charge < -0.3 is 14.8 Å². The Bertz CT molecular complexity index is 1330. The SMILES string of the molecule is COc1cc(/C=C2\SC(=O)N(CC(=O)Nc3ccc(I)cc3)C2=O)cc(I)c1OCc1ccccc1. The summed E-state index contributed by atoms with van der Waals surface area (Å²) in [6.07, 6.45) is 1.62. The van der Waals surface area contributed by atoms with Crippen molar-refractivity contribution in [3.63, 3.8) is 0 Å². The van der Waals surface area contributed by atoms with Crippen molar-refractivity contribution in [3.05, 3.63) is 89.9 Å². The van der Waals surface area contributed by atoms with Crippen LogP contribution in [-0.2, 0) is 16.2 Å². The van der Waals surface area contributed by atoms with Gasteiger partial charge in [0.05, 0.1) is 15.6 Å². The van der Waals surface area contributed by atoms with Gasteiger partial charge in [-0.15, -0.1) is 0 Å². The molecule has 36 heavy (non-hydrogen) atoms. The normalized spacial score (nSPS) is 14.3. The van der Waals surface area contributed by atoms with E-state index in [1.54, 1.807) is 31.4 Å². The highest BCUT2D eigenvalue weighted by atomic mass is 127. The number of nitrogens with zero attached hydrogens (tertiary/aromatic N) is 1. The number of amides is 3. The highest BCUT2D eigenvalue weighted by molar-refractivity contribution is 14.1. The van der Waals surface area contributed by atoms with Gasteiger partial charge in [-0.3, -0.25) is 19.3 Å². The van der Waals surface area contributed by atoms with Gasteiger partial charge in [-0.1, -0.05) is 30.3 Å². The zero-order valence-electron chi connectivity index (χ0n) is 19.0. The molecule has 0 unspecified atom stereocenters. The summed E-state index contributed by atoms with van der Waals surface area (Å²) in [5.74, 6) is 0.150. The average Bonchev–Trinajstić information content (AvgIpc) is 3.12. The van der Waals surface area contributed by atoms with Gasteiger partial charge >= 0.3 is 0 Å². The largest absolute Gasteiger partial charge is 0.493 e. The van der Waals surface area contributed by atoms with E-state index in [-0.39, 0.29) is 11.4 Å². The molecule has 0 aliphatic carbocycles. The van der Waals surface area contributed by atoms with E-state index in [0.29, 0.717) is 29.4 Å². The highest BCUT2D eigenvalue weighted by Crippen LogP contribution is 2.37. The van der Waals surface area contributed by atoms with E-state index >= 15 is 0 Å². The number of anilines is 1. The lowest BCUT2D eigenvalue weighted by Crippen LogP contribution is -2.36. The quantitative estimate of drug-likeness (QED) is 0.221. The molecule has 1 saturated heterocycles. The summed E-state index contributed by atoms with van der Waals surface area (Å²) in [5.41, 5.74) is 2.30. The predicted molar refractivity (Wildman–Crippen MR) is 157 cm³/mol. The van der Waals surface area contributed by atoms with Crippen LogP contribution in [0.25, 0.3) is 6.08 Å². The zero-order chi connectivity index (χ0) is 25.7. The number of imide groups is 1. The van der Waals surface area contributed by atoms with Gasteiger partial charge in [0.25, 0.3) is 11.1 Å². The molecule has 1 heterocycles. The molecule has 0 spiro atoms. The number of rotatable bonds is 8. The van der Waals surface area contributed by atoms with Gasteiger partial charge in [-0.05, 0) is 111 Å². The first-order valence-corrected chi connectivity index (χ1v) is 13.7. The molecule has 1 aliphatic rings. The first-order valence-electron chi connectivity index (χ1n) is 10.7. The lowest BCUT2D eigenvalue weighted by atomic mass is 10.1. The number of nitrogens with one attached hydrogen (secondary N) is 1. The van der Waals surface area contributed by atoms with E-state index in [1.165, 1.54) is 0 Å². The molecule has 0 atom stereocenters. The van der Waals surface area contributed by atoms with Crippen molar-refractivity contribution < 1.29 is 23.9 Å². The Hall–Kier alpha value is -2.58. The van der Waals surface area contributed by atoms with Crippen LogP contribution < -0.4 is 14.8 Å². The topological polar surface area (TPSA) is 84.9 Å². The predicted octanol–water partition coefficient (Wildman–Crippen LogP) is 6.16. The van der Waals surface area contributed by atoms with Crippen LogP contribution in [-0.4, -0.2) is 35.6 Å². The number of carbonyl (C=O) groups excluding carboxylic acids is 3. The number of ether oxygens (including phenoxy) is 2. The molecule has 3 amide bonds. The maximum Gasteiger partial charge on any atom is 0.294 e. The van der Waals surface area contributed by atoms with E-state index in [1.807, 2.05) is 48.5 Å². The second kappa shape index (κ2) is 12.1. The fourth-order valence-electron chi connectivity index (χ4n) is 3.36. The fourth-order valence-corrected chi connectivity index (χ4v) is 5.34.